The number of hydrogen-bond acceptors (Lipinski definition) is 5. The summed E-state index contributed by atoms with van der Waals surface area (Å²) in [6, 6.07) is 0. The second kappa shape index (κ2) is 7.51. The Hall–Kier alpha value is -1.63. The van der Waals surface area contributed by atoms with Gasteiger partial charge < -0.3 is 14.6 Å². The molecule has 0 amide bonds. The first kappa shape index (κ1) is 18.7. The molecule has 2 rings (SSSR count). The van der Waals surface area contributed by atoms with E-state index in [1.807, 2.05) is 0 Å². The van der Waals surface area contributed by atoms with Crippen molar-refractivity contribution in [3.05, 3.63) is 23.8 Å². The van der Waals surface area contributed by atoms with Gasteiger partial charge in [-0.2, -0.15) is 0 Å². The third-order valence-electron chi connectivity index (χ3n) is 3.10. The van der Waals surface area contributed by atoms with Crippen LogP contribution in [0.1, 0.15) is 12.8 Å². The minimum atomic E-state index is -1.84. The zero-order chi connectivity index (χ0) is 17.8. The monoisotopic (exact) mass is 388 g/mol. The molecular weight excluding hydrogens is 379 g/mol. The van der Waals surface area contributed by atoms with E-state index in [9.17, 15) is 14.7 Å². The maximum atomic E-state index is 12.5. The van der Waals surface area contributed by atoms with Gasteiger partial charge in [0.15, 0.2) is 11.7 Å². The number of hydrogen-bond donors (Lipinski definition) is 1. The Bertz CT molecular complexity index is 727. The van der Waals surface area contributed by atoms with Gasteiger partial charge in [0, 0.05) is 5.57 Å². The van der Waals surface area contributed by atoms with Gasteiger partial charge >= 0.3 is 6.16 Å². The molecule has 0 heterocycles. The van der Waals surface area contributed by atoms with Crippen LogP contribution in [0.4, 0.5) is 4.79 Å². The summed E-state index contributed by atoms with van der Waals surface area (Å²) < 4.78 is 7.90. The maximum absolute atomic E-state index is 12.5. The van der Waals surface area contributed by atoms with Gasteiger partial charge in [-0.3, -0.25) is 4.79 Å². The standard InChI is InChI=1S/C16H11Cl3O5/c17-16(18,19)10-23-14(21)24-12-7-3-1-2-4-8-15(22)9-5-6-11(12)13(15)20/h1-2,6,12,22H,5,9-10H2/b2-1+. The number of carbonyl (C=O) groups is 2. The summed E-state index contributed by atoms with van der Waals surface area (Å²) in [6.07, 6.45) is 2.48. The van der Waals surface area contributed by atoms with Gasteiger partial charge in [0.25, 0.3) is 0 Å². The topological polar surface area (TPSA) is 72.8 Å². The number of fused-ring (bicyclic) bond motifs is 2. The molecule has 1 N–H and O–H groups in total. The van der Waals surface area contributed by atoms with Gasteiger partial charge in [-0.25, -0.2) is 4.79 Å². The van der Waals surface area contributed by atoms with Crippen molar-refractivity contribution < 1.29 is 24.2 Å². The lowest BCUT2D eigenvalue weighted by Gasteiger charge is -2.28. The van der Waals surface area contributed by atoms with Crippen molar-refractivity contribution in [3.63, 3.8) is 0 Å². The Kier molecular flexibility index (Phi) is 5.85. The van der Waals surface area contributed by atoms with E-state index in [0.717, 1.165) is 0 Å². The molecule has 0 aromatic heterocycles. The predicted molar refractivity (Wildman–Crippen MR) is 88.5 cm³/mol. The fourth-order valence-electron chi connectivity index (χ4n) is 2.04. The minimum Gasteiger partial charge on any atom is -0.430 e. The van der Waals surface area contributed by atoms with Crippen LogP contribution in [0.5, 0.6) is 0 Å². The second-order valence-electron chi connectivity index (χ2n) is 4.93. The van der Waals surface area contributed by atoms with Gasteiger partial charge in [0.05, 0.1) is 0 Å². The van der Waals surface area contributed by atoms with Crippen molar-refractivity contribution in [2.45, 2.75) is 28.3 Å². The van der Waals surface area contributed by atoms with Crippen molar-refractivity contribution in [2.24, 2.45) is 0 Å². The van der Waals surface area contributed by atoms with Crippen LogP contribution in [-0.2, 0) is 14.3 Å². The van der Waals surface area contributed by atoms with Crippen LogP contribution in [0.25, 0.3) is 0 Å². The Balaban J connectivity index is 2.22. The van der Waals surface area contributed by atoms with E-state index in [1.54, 1.807) is 6.08 Å². The number of allylic oxidation sites excluding steroid dienone is 3. The largest absolute Gasteiger partial charge is 0.510 e. The molecule has 126 valence electrons. The summed E-state index contributed by atoms with van der Waals surface area (Å²) in [5, 5.41) is 10.4. The highest BCUT2D eigenvalue weighted by molar-refractivity contribution is 6.67. The highest BCUT2D eigenvalue weighted by atomic mass is 35.6. The van der Waals surface area contributed by atoms with Crippen molar-refractivity contribution in [3.8, 4) is 23.7 Å². The zero-order valence-corrected chi connectivity index (χ0v) is 14.4. The quantitative estimate of drug-likeness (QED) is 0.446. The Labute approximate surface area is 153 Å². The molecule has 0 saturated carbocycles. The van der Waals surface area contributed by atoms with Crippen LogP contribution in [0.2, 0.25) is 0 Å². The van der Waals surface area contributed by atoms with Crippen molar-refractivity contribution >= 4 is 46.7 Å². The highest BCUT2D eigenvalue weighted by Gasteiger charge is 2.41. The van der Waals surface area contributed by atoms with Gasteiger partial charge in [-0.15, -0.1) is 0 Å². The predicted octanol–water partition coefficient (Wildman–Crippen LogP) is 2.48. The Morgan fingerprint density at radius 2 is 2.08 bits per heavy atom. The Morgan fingerprint density at radius 3 is 2.79 bits per heavy atom. The summed E-state index contributed by atoms with van der Waals surface area (Å²) in [4.78, 5) is 24.2. The van der Waals surface area contributed by atoms with Crippen LogP contribution in [0.3, 0.4) is 0 Å². The van der Waals surface area contributed by atoms with Crippen LogP contribution >= 0.6 is 34.8 Å². The van der Waals surface area contributed by atoms with E-state index in [1.165, 1.54) is 12.2 Å². The number of alkyl halides is 3. The number of carbonyl (C=O) groups excluding carboxylic acids is 2. The third kappa shape index (κ3) is 4.93. The average Bonchev–Trinajstić information content (AvgIpc) is 2.49. The molecule has 2 aliphatic carbocycles. The summed E-state index contributed by atoms with van der Waals surface area (Å²) in [7, 11) is 0. The summed E-state index contributed by atoms with van der Waals surface area (Å²) in [6.45, 7) is -0.529. The molecule has 0 spiro atoms. The van der Waals surface area contributed by atoms with E-state index in [4.69, 9.17) is 39.5 Å². The molecule has 0 aromatic carbocycles. The molecule has 24 heavy (non-hydrogen) atoms. The molecule has 0 saturated heterocycles. The SMILES string of the molecule is O=C(OCC(Cl)(Cl)Cl)OC1C#C/C=C/C#CC2(O)CCC=C1C2=O. The van der Waals surface area contributed by atoms with Crippen LogP contribution in [-0.4, -0.2) is 39.1 Å². The second-order valence-corrected chi connectivity index (χ2v) is 7.45. The van der Waals surface area contributed by atoms with E-state index >= 15 is 0 Å². The van der Waals surface area contributed by atoms with Crippen molar-refractivity contribution in [1.29, 1.82) is 0 Å². The molecule has 0 radical (unpaired) electrons. The lowest BCUT2D eigenvalue weighted by Crippen LogP contribution is -2.43. The maximum Gasteiger partial charge on any atom is 0.510 e. The number of halogens is 3. The normalized spacial score (nSPS) is 26.8. The number of ether oxygens (including phenoxy) is 2. The van der Waals surface area contributed by atoms with E-state index in [0.29, 0.717) is 6.42 Å². The molecule has 5 nitrogen and oxygen atoms in total. The first-order valence-electron chi connectivity index (χ1n) is 6.77. The van der Waals surface area contributed by atoms with Gasteiger partial charge in [-0.05, 0) is 30.9 Å². The highest BCUT2D eigenvalue weighted by Crippen LogP contribution is 2.29. The molecule has 8 heteroatoms. The van der Waals surface area contributed by atoms with E-state index in [-0.39, 0.29) is 12.0 Å². The molecule has 0 fully saturated rings. The van der Waals surface area contributed by atoms with E-state index < -0.39 is 34.0 Å². The number of rotatable bonds is 2. The van der Waals surface area contributed by atoms with Crippen molar-refractivity contribution in [1.82, 2.24) is 0 Å². The van der Waals surface area contributed by atoms with E-state index in [2.05, 4.69) is 28.4 Å². The zero-order valence-electron chi connectivity index (χ0n) is 12.1. The third-order valence-corrected chi connectivity index (χ3v) is 3.43. The fourth-order valence-corrected chi connectivity index (χ4v) is 2.20. The number of aliphatic hydroxyl groups is 1. The number of ketones is 1. The average molecular weight is 390 g/mol. The van der Waals surface area contributed by atoms with Gasteiger partial charge in [0.2, 0.25) is 9.58 Å². The van der Waals surface area contributed by atoms with Crippen molar-refractivity contribution in [2.75, 3.05) is 6.61 Å². The smallest absolute Gasteiger partial charge is 0.430 e. The van der Waals surface area contributed by atoms with Crippen LogP contribution < -0.4 is 0 Å². The lowest BCUT2D eigenvalue weighted by molar-refractivity contribution is -0.130. The molecule has 0 aromatic rings. The minimum absolute atomic E-state index is 0.0340. The fraction of sp³-hybridized carbons (Fsp3) is 0.375. The first-order chi connectivity index (χ1) is 11.2. The molecule has 2 atom stereocenters. The van der Waals surface area contributed by atoms with Crippen LogP contribution in [0.15, 0.2) is 23.8 Å². The molecular formula is C16H11Cl3O5. The summed E-state index contributed by atoms with van der Waals surface area (Å²) in [5.74, 6) is 9.60. The number of Topliss-reactive ketones (excluding diaryl/α,β-unsaturated/α-hetero) is 1. The molecule has 2 bridgehead atoms. The molecule has 2 aliphatic rings. The summed E-state index contributed by atoms with van der Waals surface area (Å²) >= 11 is 16.4. The van der Waals surface area contributed by atoms with Gasteiger partial charge in [-0.1, -0.05) is 58.6 Å². The Morgan fingerprint density at radius 1 is 1.38 bits per heavy atom. The molecule has 2 unspecified atom stereocenters. The molecule has 0 aliphatic heterocycles. The first-order valence-corrected chi connectivity index (χ1v) is 7.91. The van der Waals surface area contributed by atoms with Crippen LogP contribution in [0, 0.1) is 23.7 Å². The summed E-state index contributed by atoms with van der Waals surface area (Å²) in [5.41, 5.74) is -1.80. The van der Waals surface area contributed by atoms with Gasteiger partial charge in [0.1, 0.15) is 6.61 Å². The lowest BCUT2D eigenvalue weighted by atomic mass is 9.81.